The summed E-state index contributed by atoms with van der Waals surface area (Å²) >= 11 is 0. The van der Waals surface area contributed by atoms with Crippen LogP contribution in [0.4, 0.5) is 0 Å². The summed E-state index contributed by atoms with van der Waals surface area (Å²) in [5.41, 5.74) is 0.175. The van der Waals surface area contributed by atoms with Gasteiger partial charge in [0.25, 0.3) is 0 Å². The molecule has 0 bridgehead atoms. The van der Waals surface area contributed by atoms with Gasteiger partial charge in [-0.1, -0.05) is 6.92 Å². The first-order valence-corrected chi connectivity index (χ1v) is 8.99. The summed E-state index contributed by atoms with van der Waals surface area (Å²) in [6, 6.07) is 0. The van der Waals surface area contributed by atoms with Gasteiger partial charge in [-0.2, -0.15) is 0 Å². The fourth-order valence-electron chi connectivity index (χ4n) is 2.46. The molecule has 1 heterocycles. The summed E-state index contributed by atoms with van der Waals surface area (Å²) in [5.74, 6) is 0. The Morgan fingerprint density at radius 3 is 1.80 bits per heavy atom. The van der Waals surface area contributed by atoms with Crippen LogP contribution in [-0.4, -0.2) is 63.3 Å². The van der Waals surface area contributed by atoms with Gasteiger partial charge in [0.2, 0.25) is 0 Å². The second-order valence-electron chi connectivity index (χ2n) is 4.54. The molecule has 7 heteroatoms. The van der Waals surface area contributed by atoms with Gasteiger partial charge in [0.05, 0.1) is 12.3 Å². The third-order valence-electron chi connectivity index (χ3n) is 3.13. The number of rotatable bonds is 9. The van der Waals surface area contributed by atoms with Crippen molar-refractivity contribution >= 4 is 8.80 Å². The SMILES string of the molecule is CCO[Si](OCC)(OCC)C(CC)N1C=CN(C)C1.O. The molecule has 1 atom stereocenters. The van der Waals surface area contributed by atoms with Crippen molar-refractivity contribution < 1.29 is 18.8 Å². The molecule has 0 saturated carbocycles. The molecule has 0 radical (unpaired) electrons. The molecule has 0 aliphatic carbocycles. The topological polar surface area (TPSA) is 65.7 Å². The van der Waals surface area contributed by atoms with Crippen LogP contribution in [0.1, 0.15) is 34.1 Å². The Kier molecular flexibility index (Phi) is 9.07. The highest BCUT2D eigenvalue weighted by molar-refractivity contribution is 6.62. The molecular formula is C13H30N2O4Si. The number of nitrogens with zero attached hydrogens (tertiary/aromatic N) is 2. The molecule has 1 aliphatic rings. The van der Waals surface area contributed by atoms with Gasteiger partial charge in [-0.05, 0) is 27.2 Å². The van der Waals surface area contributed by atoms with E-state index in [1.807, 2.05) is 20.8 Å². The second kappa shape index (κ2) is 9.35. The highest BCUT2D eigenvalue weighted by Crippen LogP contribution is 2.25. The van der Waals surface area contributed by atoms with E-state index in [-0.39, 0.29) is 11.1 Å². The number of hydrogen-bond acceptors (Lipinski definition) is 5. The fraction of sp³-hybridized carbons (Fsp3) is 0.846. The summed E-state index contributed by atoms with van der Waals surface area (Å²) in [6.45, 7) is 10.9. The van der Waals surface area contributed by atoms with E-state index >= 15 is 0 Å². The van der Waals surface area contributed by atoms with Crippen LogP contribution in [0.5, 0.6) is 0 Å². The van der Waals surface area contributed by atoms with E-state index in [1.165, 1.54) is 0 Å². The molecule has 6 nitrogen and oxygen atoms in total. The lowest BCUT2D eigenvalue weighted by Crippen LogP contribution is -2.61. The smallest absolute Gasteiger partial charge is 0.412 e. The Morgan fingerprint density at radius 1 is 1.00 bits per heavy atom. The Bertz CT molecular complexity index is 275. The molecule has 120 valence electrons. The zero-order chi connectivity index (χ0) is 14.3. The van der Waals surface area contributed by atoms with Gasteiger partial charge in [0.1, 0.15) is 0 Å². The molecule has 1 aliphatic heterocycles. The van der Waals surface area contributed by atoms with Crippen molar-refractivity contribution in [1.29, 1.82) is 0 Å². The lowest BCUT2D eigenvalue weighted by molar-refractivity contribution is 0.0401. The van der Waals surface area contributed by atoms with Gasteiger partial charge < -0.3 is 28.6 Å². The third kappa shape index (κ3) is 4.46. The van der Waals surface area contributed by atoms with E-state index in [2.05, 4.69) is 36.2 Å². The van der Waals surface area contributed by atoms with Gasteiger partial charge in [-0.25, -0.2) is 0 Å². The van der Waals surface area contributed by atoms with Gasteiger partial charge in [-0.3, -0.25) is 0 Å². The third-order valence-corrected chi connectivity index (χ3v) is 6.76. The first kappa shape index (κ1) is 19.4. The highest BCUT2D eigenvalue weighted by atomic mass is 28.4. The molecule has 0 amide bonds. The lowest BCUT2D eigenvalue weighted by atomic mass is 10.4. The molecule has 0 aromatic heterocycles. The summed E-state index contributed by atoms with van der Waals surface area (Å²) < 4.78 is 18.0. The molecule has 2 N–H and O–H groups in total. The van der Waals surface area contributed by atoms with E-state index in [0.717, 1.165) is 13.1 Å². The second-order valence-corrected chi connectivity index (χ2v) is 7.28. The molecular weight excluding hydrogens is 276 g/mol. The molecule has 0 saturated heterocycles. The maximum atomic E-state index is 6.01. The average molecular weight is 306 g/mol. The van der Waals surface area contributed by atoms with Crippen molar-refractivity contribution in [2.75, 3.05) is 33.5 Å². The van der Waals surface area contributed by atoms with E-state index in [9.17, 15) is 0 Å². The molecule has 0 fully saturated rings. The van der Waals surface area contributed by atoms with E-state index in [1.54, 1.807) is 0 Å². The Balaban J connectivity index is 0.00000361. The van der Waals surface area contributed by atoms with Crippen LogP contribution in [0.3, 0.4) is 0 Å². The van der Waals surface area contributed by atoms with E-state index in [0.29, 0.717) is 19.8 Å². The zero-order valence-corrected chi connectivity index (χ0v) is 14.4. The minimum absolute atomic E-state index is 0. The van der Waals surface area contributed by atoms with Crippen LogP contribution in [0.15, 0.2) is 12.4 Å². The maximum Gasteiger partial charge on any atom is 0.524 e. The first-order valence-electron chi connectivity index (χ1n) is 7.19. The predicted molar refractivity (Wildman–Crippen MR) is 81.9 cm³/mol. The minimum Gasteiger partial charge on any atom is -0.412 e. The van der Waals surface area contributed by atoms with Crippen LogP contribution in [0.25, 0.3) is 0 Å². The Morgan fingerprint density at radius 2 is 1.50 bits per heavy atom. The normalized spacial score (nSPS) is 16.4. The number of hydrogen-bond donors (Lipinski definition) is 0. The first-order chi connectivity index (χ1) is 9.13. The maximum absolute atomic E-state index is 6.01. The van der Waals surface area contributed by atoms with Crippen LogP contribution in [0.2, 0.25) is 0 Å². The highest BCUT2D eigenvalue weighted by Gasteiger charge is 2.51. The van der Waals surface area contributed by atoms with Crippen molar-refractivity contribution in [2.24, 2.45) is 0 Å². The monoisotopic (exact) mass is 306 g/mol. The van der Waals surface area contributed by atoms with E-state index < -0.39 is 8.80 Å². The zero-order valence-electron chi connectivity index (χ0n) is 13.4. The summed E-state index contributed by atoms with van der Waals surface area (Å²) in [6.07, 6.45) is 5.13. The van der Waals surface area contributed by atoms with Crippen LogP contribution < -0.4 is 0 Å². The van der Waals surface area contributed by atoms with Crippen molar-refractivity contribution in [3.05, 3.63) is 12.4 Å². The van der Waals surface area contributed by atoms with Gasteiger partial charge in [-0.15, -0.1) is 0 Å². The minimum atomic E-state index is -2.67. The largest absolute Gasteiger partial charge is 0.524 e. The molecule has 0 aromatic rings. The summed E-state index contributed by atoms with van der Waals surface area (Å²) in [7, 11) is -0.608. The summed E-state index contributed by atoms with van der Waals surface area (Å²) in [4.78, 5) is 4.42. The standard InChI is InChI=1S/C13H28N2O3Si.H2O/c1-6-13(15-11-10-14(5)12-15)19(16-7-2,17-8-3)18-9-4;/h10-11,13H,6-9,12H2,1-5H3;1H2. The van der Waals surface area contributed by atoms with Crippen molar-refractivity contribution in [3.8, 4) is 0 Å². The molecule has 1 unspecified atom stereocenters. The quantitative estimate of drug-likeness (QED) is 0.599. The van der Waals surface area contributed by atoms with Crippen LogP contribution in [0, 0.1) is 0 Å². The van der Waals surface area contributed by atoms with Gasteiger partial charge in [0, 0.05) is 39.3 Å². The summed E-state index contributed by atoms with van der Waals surface area (Å²) in [5, 5.41) is 0. The van der Waals surface area contributed by atoms with Gasteiger partial charge in [0.15, 0.2) is 0 Å². The molecule has 1 rings (SSSR count). The van der Waals surface area contributed by atoms with Crippen molar-refractivity contribution in [2.45, 2.75) is 39.8 Å². The average Bonchev–Trinajstić information content (AvgIpc) is 2.77. The molecule has 0 aromatic carbocycles. The van der Waals surface area contributed by atoms with Crippen molar-refractivity contribution in [1.82, 2.24) is 9.80 Å². The lowest BCUT2D eigenvalue weighted by Gasteiger charge is -2.39. The van der Waals surface area contributed by atoms with Gasteiger partial charge >= 0.3 is 8.80 Å². The van der Waals surface area contributed by atoms with Crippen LogP contribution >= 0.6 is 0 Å². The molecule has 0 spiro atoms. The fourth-order valence-corrected chi connectivity index (χ4v) is 5.57. The Labute approximate surface area is 124 Å². The van der Waals surface area contributed by atoms with Crippen LogP contribution in [-0.2, 0) is 13.3 Å². The van der Waals surface area contributed by atoms with Crippen molar-refractivity contribution in [3.63, 3.8) is 0 Å². The van der Waals surface area contributed by atoms with E-state index in [4.69, 9.17) is 13.3 Å². The molecule has 20 heavy (non-hydrogen) atoms. The Hall–Kier alpha value is -0.603. The predicted octanol–water partition coefficient (Wildman–Crippen LogP) is 1.20.